The number of nitrogens with one attached hydrogen (secondary N) is 1. The lowest BCUT2D eigenvalue weighted by molar-refractivity contribution is 0.601. The third kappa shape index (κ3) is 1.38. The molecule has 1 saturated heterocycles. The van der Waals surface area contributed by atoms with E-state index < -0.39 is 0 Å². The Morgan fingerprint density at radius 3 is 3.24 bits per heavy atom. The average Bonchev–Trinajstić information content (AvgIpc) is 2.73. The molecule has 3 aliphatic heterocycles. The van der Waals surface area contributed by atoms with Crippen molar-refractivity contribution in [1.29, 1.82) is 0 Å². The SMILES string of the molecule is c1cc2c3c(c1)N1CCC[C@H]1CN3CCNC2. The predicted molar refractivity (Wildman–Crippen MR) is 70.7 cm³/mol. The minimum Gasteiger partial charge on any atom is -0.366 e. The van der Waals surface area contributed by atoms with Crippen LogP contribution in [0.5, 0.6) is 0 Å². The number of benzene rings is 1. The number of fused-ring (bicyclic) bond motifs is 2. The van der Waals surface area contributed by atoms with Gasteiger partial charge in [-0.3, -0.25) is 0 Å². The van der Waals surface area contributed by atoms with Gasteiger partial charge in [-0.15, -0.1) is 0 Å². The van der Waals surface area contributed by atoms with Crippen molar-refractivity contribution < 1.29 is 0 Å². The summed E-state index contributed by atoms with van der Waals surface area (Å²) in [5.74, 6) is 0. The monoisotopic (exact) mass is 229 g/mol. The largest absolute Gasteiger partial charge is 0.366 e. The highest BCUT2D eigenvalue weighted by Gasteiger charge is 2.35. The Morgan fingerprint density at radius 1 is 1.24 bits per heavy atom. The van der Waals surface area contributed by atoms with Gasteiger partial charge in [-0.05, 0) is 24.5 Å². The van der Waals surface area contributed by atoms with Crippen molar-refractivity contribution >= 4 is 11.4 Å². The van der Waals surface area contributed by atoms with Crippen LogP contribution in [0.3, 0.4) is 0 Å². The van der Waals surface area contributed by atoms with Gasteiger partial charge in [0, 0.05) is 38.8 Å². The molecule has 90 valence electrons. The Bertz CT molecular complexity index is 443. The molecule has 1 fully saturated rings. The van der Waals surface area contributed by atoms with Crippen molar-refractivity contribution in [3.63, 3.8) is 0 Å². The lowest BCUT2D eigenvalue weighted by Crippen LogP contribution is -2.46. The molecule has 1 aromatic carbocycles. The standard InChI is InChI=1S/C14H19N3/c1-3-11-9-15-6-8-16-10-12-4-2-7-17(12)13(5-1)14(11)16/h1,3,5,12,15H,2,4,6-10H2/t12-/m0/s1. The van der Waals surface area contributed by atoms with E-state index in [1.165, 1.54) is 42.9 Å². The molecular formula is C14H19N3. The molecule has 1 N–H and O–H groups in total. The van der Waals surface area contributed by atoms with E-state index in [0.717, 1.165) is 25.7 Å². The van der Waals surface area contributed by atoms with Gasteiger partial charge in [0.1, 0.15) is 0 Å². The molecule has 3 nitrogen and oxygen atoms in total. The Morgan fingerprint density at radius 2 is 2.24 bits per heavy atom. The van der Waals surface area contributed by atoms with Gasteiger partial charge in [0.2, 0.25) is 0 Å². The van der Waals surface area contributed by atoms with Gasteiger partial charge in [-0.2, -0.15) is 0 Å². The molecule has 1 atom stereocenters. The molecule has 0 radical (unpaired) electrons. The van der Waals surface area contributed by atoms with E-state index in [9.17, 15) is 0 Å². The smallest absolute Gasteiger partial charge is 0.0650 e. The molecule has 3 heteroatoms. The molecule has 0 aliphatic carbocycles. The summed E-state index contributed by atoms with van der Waals surface area (Å²) >= 11 is 0. The summed E-state index contributed by atoms with van der Waals surface area (Å²) < 4.78 is 0. The van der Waals surface area contributed by atoms with Crippen LogP contribution in [0.4, 0.5) is 11.4 Å². The van der Waals surface area contributed by atoms with Crippen molar-refractivity contribution in [3.8, 4) is 0 Å². The fourth-order valence-electron chi connectivity index (χ4n) is 3.65. The second kappa shape index (κ2) is 3.64. The summed E-state index contributed by atoms with van der Waals surface area (Å²) in [4.78, 5) is 5.25. The summed E-state index contributed by atoms with van der Waals surface area (Å²) in [7, 11) is 0. The van der Waals surface area contributed by atoms with Crippen LogP contribution in [0.2, 0.25) is 0 Å². The minimum atomic E-state index is 0.760. The molecule has 0 aromatic heterocycles. The first-order valence-electron chi connectivity index (χ1n) is 6.78. The molecule has 0 saturated carbocycles. The predicted octanol–water partition coefficient (Wildman–Crippen LogP) is 1.58. The first-order chi connectivity index (χ1) is 8.43. The van der Waals surface area contributed by atoms with Crippen molar-refractivity contribution in [1.82, 2.24) is 5.32 Å². The number of hydrogen-bond acceptors (Lipinski definition) is 3. The average molecular weight is 229 g/mol. The first kappa shape index (κ1) is 9.77. The fourth-order valence-corrected chi connectivity index (χ4v) is 3.65. The summed E-state index contributed by atoms with van der Waals surface area (Å²) in [6, 6.07) is 7.57. The number of hydrogen-bond donors (Lipinski definition) is 1. The normalized spacial score (nSPS) is 26.5. The van der Waals surface area contributed by atoms with Crippen LogP contribution in [0.1, 0.15) is 18.4 Å². The molecule has 0 bridgehead atoms. The van der Waals surface area contributed by atoms with Crippen LogP contribution in [0.15, 0.2) is 18.2 Å². The first-order valence-corrected chi connectivity index (χ1v) is 6.78. The van der Waals surface area contributed by atoms with Crippen molar-refractivity contribution in [2.45, 2.75) is 25.4 Å². The Labute approximate surface area is 102 Å². The van der Waals surface area contributed by atoms with Crippen LogP contribution in [0, 0.1) is 0 Å². The molecule has 3 aliphatic rings. The van der Waals surface area contributed by atoms with E-state index in [2.05, 4.69) is 33.3 Å². The van der Waals surface area contributed by atoms with E-state index in [1.54, 1.807) is 0 Å². The van der Waals surface area contributed by atoms with Gasteiger partial charge in [0.15, 0.2) is 0 Å². The van der Waals surface area contributed by atoms with Gasteiger partial charge >= 0.3 is 0 Å². The maximum absolute atomic E-state index is 3.53. The second-order valence-electron chi connectivity index (χ2n) is 5.40. The van der Waals surface area contributed by atoms with Gasteiger partial charge < -0.3 is 15.1 Å². The summed E-state index contributed by atoms with van der Waals surface area (Å²) in [6.07, 6.45) is 2.73. The summed E-state index contributed by atoms with van der Waals surface area (Å²) in [5.41, 5.74) is 4.47. The van der Waals surface area contributed by atoms with E-state index in [4.69, 9.17) is 0 Å². The van der Waals surface area contributed by atoms with Crippen LogP contribution >= 0.6 is 0 Å². The van der Waals surface area contributed by atoms with Gasteiger partial charge in [-0.25, -0.2) is 0 Å². The zero-order chi connectivity index (χ0) is 11.2. The molecular weight excluding hydrogens is 210 g/mol. The van der Waals surface area contributed by atoms with Crippen molar-refractivity contribution in [2.24, 2.45) is 0 Å². The van der Waals surface area contributed by atoms with Crippen LogP contribution in [0.25, 0.3) is 0 Å². The molecule has 4 rings (SSSR count). The van der Waals surface area contributed by atoms with E-state index >= 15 is 0 Å². The van der Waals surface area contributed by atoms with Crippen LogP contribution in [-0.2, 0) is 6.54 Å². The second-order valence-corrected chi connectivity index (χ2v) is 5.40. The van der Waals surface area contributed by atoms with Crippen LogP contribution < -0.4 is 15.1 Å². The fraction of sp³-hybridized carbons (Fsp3) is 0.571. The highest BCUT2D eigenvalue weighted by Crippen LogP contribution is 2.41. The quantitative estimate of drug-likeness (QED) is 0.728. The van der Waals surface area contributed by atoms with Gasteiger partial charge in [-0.1, -0.05) is 12.1 Å². The number of nitrogens with zero attached hydrogens (tertiary/aromatic N) is 2. The molecule has 17 heavy (non-hydrogen) atoms. The molecule has 1 aromatic rings. The van der Waals surface area contributed by atoms with E-state index in [-0.39, 0.29) is 0 Å². The van der Waals surface area contributed by atoms with Crippen molar-refractivity contribution in [3.05, 3.63) is 23.8 Å². The molecule has 3 heterocycles. The number of rotatable bonds is 0. The lowest BCUT2D eigenvalue weighted by Gasteiger charge is -2.41. The maximum Gasteiger partial charge on any atom is 0.0650 e. The highest BCUT2D eigenvalue weighted by molar-refractivity contribution is 5.78. The summed E-state index contributed by atoms with van der Waals surface area (Å²) in [6.45, 7) is 5.78. The molecule has 0 spiro atoms. The third-order valence-corrected chi connectivity index (χ3v) is 4.41. The topological polar surface area (TPSA) is 18.5 Å². The summed E-state index contributed by atoms with van der Waals surface area (Å²) in [5, 5.41) is 3.53. The Kier molecular flexibility index (Phi) is 2.09. The van der Waals surface area contributed by atoms with E-state index in [1.807, 2.05) is 0 Å². The van der Waals surface area contributed by atoms with E-state index in [0.29, 0.717) is 0 Å². The zero-order valence-electron chi connectivity index (χ0n) is 10.2. The maximum atomic E-state index is 3.53. The van der Waals surface area contributed by atoms with Crippen LogP contribution in [-0.4, -0.2) is 32.2 Å². The molecule has 0 unspecified atom stereocenters. The van der Waals surface area contributed by atoms with Crippen molar-refractivity contribution in [2.75, 3.05) is 36.0 Å². The minimum absolute atomic E-state index is 0.760. The zero-order valence-corrected chi connectivity index (χ0v) is 10.2. The third-order valence-electron chi connectivity index (χ3n) is 4.41. The lowest BCUT2D eigenvalue weighted by atomic mass is 10.0. The van der Waals surface area contributed by atoms with Gasteiger partial charge in [0.25, 0.3) is 0 Å². The Hall–Kier alpha value is -1.22. The Balaban J connectivity index is 1.88. The highest BCUT2D eigenvalue weighted by atomic mass is 15.3. The molecule has 0 amide bonds. The number of para-hydroxylation sites is 1. The number of anilines is 2. The van der Waals surface area contributed by atoms with Gasteiger partial charge in [0.05, 0.1) is 11.4 Å².